The fourth-order valence-corrected chi connectivity index (χ4v) is 1.94. The van der Waals surface area contributed by atoms with Crippen molar-refractivity contribution in [3.8, 4) is 11.5 Å². The molecule has 17 heavy (non-hydrogen) atoms. The van der Waals surface area contributed by atoms with Crippen molar-refractivity contribution in [1.29, 1.82) is 0 Å². The number of hydrogen-bond acceptors (Lipinski definition) is 2. The molecule has 2 nitrogen and oxygen atoms in total. The van der Waals surface area contributed by atoms with E-state index >= 15 is 0 Å². The number of nitrogen functional groups attached to an aromatic ring is 1. The Balaban J connectivity index is 2.31. The molecule has 0 aliphatic rings. The molecule has 2 rings (SSSR count). The van der Waals surface area contributed by atoms with E-state index in [1.807, 2.05) is 0 Å². The maximum absolute atomic E-state index is 12.9. The van der Waals surface area contributed by atoms with Crippen LogP contribution in [0.15, 0.2) is 40.9 Å². The Kier molecular flexibility index (Phi) is 3.54. The number of hydrogen-bond donors (Lipinski definition) is 1. The van der Waals surface area contributed by atoms with Gasteiger partial charge in [-0.15, -0.1) is 0 Å². The Morgan fingerprint density at radius 1 is 1.12 bits per heavy atom. The predicted octanol–water partition coefficient (Wildman–Crippen LogP) is 4.62. The van der Waals surface area contributed by atoms with Crippen LogP contribution in [0, 0.1) is 5.82 Å². The number of anilines is 1. The minimum atomic E-state index is -0.340. The molecular weight excluding hydrogens is 308 g/mol. The standard InChI is InChI=1S/C12H8BrClFNO/c13-9-5-7(15)1-3-11(9)17-12-4-2-8(16)6-10(12)14/h1-6H,16H2. The third-order valence-electron chi connectivity index (χ3n) is 2.07. The van der Waals surface area contributed by atoms with Crippen molar-refractivity contribution in [3.05, 3.63) is 51.7 Å². The van der Waals surface area contributed by atoms with Crippen LogP contribution in [0.1, 0.15) is 0 Å². The first-order valence-electron chi connectivity index (χ1n) is 4.74. The summed E-state index contributed by atoms with van der Waals surface area (Å²) >= 11 is 9.18. The zero-order chi connectivity index (χ0) is 12.4. The number of nitrogens with two attached hydrogens (primary N) is 1. The van der Waals surface area contributed by atoms with E-state index in [1.165, 1.54) is 18.2 Å². The van der Waals surface area contributed by atoms with E-state index in [9.17, 15) is 4.39 Å². The molecule has 0 saturated heterocycles. The van der Waals surface area contributed by atoms with Gasteiger partial charge in [-0.3, -0.25) is 0 Å². The van der Waals surface area contributed by atoms with Gasteiger partial charge >= 0.3 is 0 Å². The van der Waals surface area contributed by atoms with Crippen LogP contribution in [0.5, 0.6) is 11.5 Å². The van der Waals surface area contributed by atoms with Crippen molar-refractivity contribution in [1.82, 2.24) is 0 Å². The van der Waals surface area contributed by atoms with Gasteiger partial charge in [0.2, 0.25) is 0 Å². The second-order valence-electron chi connectivity index (χ2n) is 3.37. The van der Waals surface area contributed by atoms with Crippen molar-refractivity contribution in [2.45, 2.75) is 0 Å². The van der Waals surface area contributed by atoms with E-state index in [0.717, 1.165) is 0 Å². The Bertz CT molecular complexity index is 513. The van der Waals surface area contributed by atoms with E-state index in [2.05, 4.69) is 15.9 Å². The van der Waals surface area contributed by atoms with Crippen molar-refractivity contribution in [2.75, 3.05) is 5.73 Å². The van der Waals surface area contributed by atoms with Crippen molar-refractivity contribution in [2.24, 2.45) is 0 Å². The molecule has 0 saturated carbocycles. The third kappa shape index (κ3) is 2.90. The molecule has 88 valence electrons. The van der Waals surface area contributed by atoms with Gasteiger partial charge in [-0.25, -0.2) is 4.39 Å². The van der Waals surface area contributed by atoms with Gasteiger partial charge < -0.3 is 10.5 Å². The molecule has 0 fully saturated rings. The topological polar surface area (TPSA) is 35.2 Å². The highest BCUT2D eigenvalue weighted by Gasteiger charge is 2.07. The first kappa shape index (κ1) is 12.2. The largest absolute Gasteiger partial charge is 0.455 e. The van der Waals surface area contributed by atoms with Crippen LogP contribution in [0.3, 0.4) is 0 Å². The lowest BCUT2D eigenvalue weighted by atomic mass is 10.3. The van der Waals surface area contributed by atoms with E-state index in [1.54, 1.807) is 18.2 Å². The van der Waals surface area contributed by atoms with Gasteiger partial charge in [-0.2, -0.15) is 0 Å². The quantitative estimate of drug-likeness (QED) is 0.821. The summed E-state index contributed by atoms with van der Waals surface area (Å²) in [5, 5.41) is 0.404. The van der Waals surface area contributed by atoms with Crippen molar-refractivity contribution in [3.63, 3.8) is 0 Å². The molecule has 0 heterocycles. The van der Waals surface area contributed by atoms with Crippen LogP contribution in [0.2, 0.25) is 5.02 Å². The smallest absolute Gasteiger partial charge is 0.146 e. The first-order chi connectivity index (χ1) is 8.06. The Morgan fingerprint density at radius 2 is 1.82 bits per heavy atom. The lowest BCUT2D eigenvalue weighted by Crippen LogP contribution is -1.89. The van der Waals surface area contributed by atoms with Crippen molar-refractivity contribution < 1.29 is 9.13 Å². The number of rotatable bonds is 2. The summed E-state index contributed by atoms with van der Waals surface area (Å²) in [6.45, 7) is 0. The predicted molar refractivity (Wildman–Crippen MR) is 70.0 cm³/mol. The molecule has 0 bridgehead atoms. The van der Waals surface area contributed by atoms with Crippen LogP contribution >= 0.6 is 27.5 Å². The normalized spacial score (nSPS) is 10.3. The van der Waals surface area contributed by atoms with Crippen LogP contribution < -0.4 is 10.5 Å². The molecule has 2 aromatic rings. The minimum Gasteiger partial charge on any atom is -0.455 e. The molecule has 2 N–H and O–H groups in total. The average Bonchev–Trinajstić information content (AvgIpc) is 2.25. The number of halogens is 3. The van der Waals surface area contributed by atoms with Crippen molar-refractivity contribution >= 4 is 33.2 Å². The Labute approximate surface area is 111 Å². The Morgan fingerprint density at radius 3 is 2.47 bits per heavy atom. The van der Waals surface area contributed by atoms with Gasteiger partial charge in [0.25, 0.3) is 0 Å². The first-order valence-corrected chi connectivity index (χ1v) is 5.91. The fraction of sp³-hybridized carbons (Fsp3) is 0. The van der Waals surface area contributed by atoms with Crippen LogP contribution in [0.25, 0.3) is 0 Å². The molecule has 0 aliphatic heterocycles. The summed E-state index contributed by atoms with van der Waals surface area (Å²) in [5.74, 6) is 0.610. The Hall–Kier alpha value is -1.26. The van der Waals surface area contributed by atoms with E-state index in [0.29, 0.717) is 26.7 Å². The molecule has 2 aromatic carbocycles. The summed E-state index contributed by atoms with van der Waals surface area (Å²) < 4.78 is 19.0. The zero-order valence-corrected chi connectivity index (χ0v) is 10.9. The van der Waals surface area contributed by atoms with E-state index < -0.39 is 0 Å². The molecule has 0 aromatic heterocycles. The van der Waals surface area contributed by atoms with E-state index in [4.69, 9.17) is 22.1 Å². The second-order valence-corrected chi connectivity index (χ2v) is 4.63. The summed E-state index contributed by atoms with van der Waals surface area (Å²) in [5.41, 5.74) is 6.13. The summed E-state index contributed by atoms with van der Waals surface area (Å²) in [6.07, 6.45) is 0. The van der Waals surface area contributed by atoms with E-state index in [-0.39, 0.29) is 5.82 Å². The van der Waals surface area contributed by atoms with Crippen LogP contribution in [0.4, 0.5) is 10.1 Å². The fourth-order valence-electron chi connectivity index (χ4n) is 1.28. The number of ether oxygens (including phenoxy) is 1. The maximum Gasteiger partial charge on any atom is 0.146 e. The monoisotopic (exact) mass is 315 g/mol. The third-order valence-corrected chi connectivity index (χ3v) is 2.98. The highest BCUT2D eigenvalue weighted by molar-refractivity contribution is 9.10. The highest BCUT2D eigenvalue weighted by atomic mass is 79.9. The molecule has 0 atom stereocenters. The van der Waals surface area contributed by atoms with Crippen LogP contribution in [-0.2, 0) is 0 Å². The summed E-state index contributed by atoms with van der Waals surface area (Å²) in [7, 11) is 0. The molecule has 0 unspecified atom stereocenters. The molecule has 0 spiro atoms. The maximum atomic E-state index is 12.9. The van der Waals surface area contributed by atoms with Gasteiger partial charge in [-0.05, 0) is 52.3 Å². The number of benzene rings is 2. The average molecular weight is 317 g/mol. The van der Waals surface area contributed by atoms with Crippen LogP contribution in [-0.4, -0.2) is 0 Å². The minimum absolute atomic E-state index is 0.340. The molecule has 5 heteroatoms. The highest BCUT2D eigenvalue weighted by Crippen LogP contribution is 2.34. The lowest BCUT2D eigenvalue weighted by Gasteiger charge is -2.09. The van der Waals surface area contributed by atoms with Gasteiger partial charge in [0.1, 0.15) is 17.3 Å². The molecular formula is C12H8BrClFNO. The summed E-state index contributed by atoms with van der Waals surface area (Å²) in [6, 6.07) is 9.08. The summed E-state index contributed by atoms with van der Waals surface area (Å²) in [4.78, 5) is 0. The van der Waals surface area contributed by atoms with Gasteiger partial charge in [0.15, 0.2) is 0 Å². The lowest BCUT2D eigenvalue weighted by molar-refractivity contribution is 0.477. The van der Waals surface area contributed by atoms with Gasteiger partial charge in [-0.1, -0.05) is 11.6 Å². The van der Waals surface area contributed by atoms with Gasteiger partial charge in [0, 0.05) is 5.69 Å². The zero-order valence-electron chi connectivity index (χ0n) is 8.58. The molecule has 0 aliphatic carbocycles. The van der Waals surface area contributed by atoms with Gasteiger partial charge in [0.05, 0.1) is 9.50 Å². The molecule has 0 radical (unpaired) electrons. The second kappa shape index (κ2) is 4.94. The SMILES string of the molecule is Nc1ccc(Oc2ccc(F)cc2Br)c(Cl)c1. The molecule has 0 amide bonds.